The maximum atomic E-state index is 11.9. The Hall–Kier alpha value is -1.88. The maximum absolute atomic E-state index is 11.9. The summed E-state index contributed by atoms with van der Waals surface area (Å²) in [5, 5.41) is 5.34. The number of hydrogen-bond donors (Lipinski definition) is 1. The monoisotopic (exact) mass is 312 g/mol. The van der Waals surface area contributed by atoms with Crippen LogP contribution in [-0.2, 0) is 7.05 Å². The summed E-state index contributed by atoms with van der Waals surface area (Å²) in [6.07, 6.45) is 2.47. The predicted molar refractivity (Wildman–Crippen MR) is 90.3 cm³/mol. The van der Waals surface area contributed by atoms with Crippen LogP contribution in [0.3, 0.4) is 0 Å². The first kappa shape index (κ1) is 14.7. The number of aromatic nitrogens is 2. The van der Waals surface area contributed by atoms with Gasteiger partial charge < -0.3 is 5.73 Å². The van der Waals surface area contributed by atoms with Crippen LogP contribution in [0.2, 0.25) is 0 Å². The SMILES string of the molecule is Cn1nc(C(N)=O)c2c(C3C4CCN(CC4)C3(C)C)cccc21. The topological polar surface area (TPSA) is 64.2 Å². The lowest BCUT2D eigenvalue weighted by Crippen LogP contribution is -2.59. The molecule has 2 N–H and O–H groups in total. The third-order valence-corrected chi connectivity index (χ3v) is 6.07. The van der Waals surface area contributed by atoms with Crippen molar-refractivity contribution in [1.29, 1.82) is 0 Å². The highest BCUT2D eigenvalue weighted by molar-refractivity contribution is 6.05. The van der Waals surface area contributed by atoms with Crippen molar-refractivity contribution < 1.29 is 4.79 Å². The van der Waals surface area contributed by atoms with Crippen LogP contribution < -0.4 is 5.73 Å². The van der Waals surface area contributed by atoms with Gasteiger partial charge in [-0.1, -0.05) is 12.1 Å². The fourth-order valence-electron chi connectivity index (χ4n) is 4.99. The van der Waals surface area contributed by atoms with Gasteiger partial charge in [0.05, 0.1) is 5.52 Å². The highest BCUT2D eigenvalue weighted by Crippen LogP contribution is 2.50. The number of amides is 1. The van der Waals surface area contributed by atoms with Gasteiger partial charge in [0.2, 0.25) is 0 Å². The molecule has 1 atom stereocenters. The van der Waals surface area contributed by atoms with E-state index in [-0.39, 0.29) is 5.54 Å². The molecule has 5 heteroatoms. The smallest absolute Gasteiger partial charge is 0.269 e. The molecule has 0 spiro atoms. The zero-order valence-electron chi connectivity index (χ0n) is 14.0. The predicted octanol–water partition coefficient (Wildman–Crippen LogP) is 2.26. The van der Waals surface area contributed by atoms with Crippen LogP contribution in [0.4, 0.5) is 0 Å². The van der Waals surface area contributed by atoms with Crippen molar-refractivity contribution in [2.45, 2.75) is 38.1 Å². The first-order valence-electron chi connectivity index (χ1n) is 8.41. The number of nitrogens with two attached hydrogens (primary N) is 1. The molecule has 23 heavy (non-hydrogen) atoms. The lowest BCUT2D eigenvalue weighted by molar-refractivity contribution is -0.0293. The van der Waals surface area contributed by atoms with Gasteiger partial charge in [-0.2, -0.15) is 5.10 Å². The number of primary amides is 1. The Morgan fingerprint density at radius 1 is 1.30 bits per heavy atom. The molecule has 3 aliphatic rings. The maximum Gasteiger partial charge on any atom is 0.269 e. The van der Waals surface area contributed by atoms with Crippen molar-refractivity contribution in [3.63, 3.8) is 0 Å². The third-order valence-electron chi connectivity index (χ3n) is 6.07. The van der Waals surface area contributed by atoms with E-state index in [2.05, 4.69) is 36.0 Å². The van der Waals surface area contributed by atoms with Crippen molar-refractivity contribution in [3.05, 3.63) is 29.5 Å². The van der Waals surface area contributed by atoms with E-state index in [4.69, 9.17) is 5.73 Å². The van der Waals surface area contributed by atoms with E-state index in [0.717, 1.165) is 10.9 Å². The van der Waals surface area contributed by atoms with Crippen LogP contribution in [0.25, 0.3) is 10.9 Å². The highest BCUT2D eigenvalue weighted by atomic mass is 16.1. The molecule has 3 aliphatic heterocycles. The fraction of sp³-hybridized carbons (Fsp3) is 0.556. The molecule has 3 saturated heterocycles. The Kier molecular flexibility index (Phi) is 3.07. The third kappa shape index (κ3) is 1.96. The zero-order valence-corrected chi connectivity index (χ0v) is 14.0. The Bertz CT molecular complexity index is 784. The molecular formula is C18H24N4O. The molecule has 4 heterocycles. The summed E-state index contributed by atoms with van der Waals surface area (Å²) < 4.78 is 1.77. The summed E-state index contributed by atoms with van der Waals surface area (Å²) in [4.78, 5) is 14.5. The molecule has 2 aromatic rings. The number of piperidine rings is 3. The van der Waals surface area contributed by atoms with E-state index in [0.29, 0.717) is 17.5 Å². The molecule has 5 rings (SSSR count). The van der Waals surface area contributed by atoms with Crippen LogP contribution >= 0.6 is 0 Å². The number of carbonyl (C=O) groups is 1. The minimum atomic E-state index is -0.442. The number of hydrogen-bond acceptors (Lipinski definition) is 3. The van der Waals surface area contributed by atoms with Gasteiger partial charge in [0.25, 0.3) is 5.91 Å². The van der Waals surface area contributed by atoms with Crippen LogP contribution in [0, 0.1) is 5.92 Å². The number of carbonyl (C=O) groups excluding carboxylic acids is 1. The molecule has 1 amide bonds. The summed E-state index contributed by atoms with van der Waals surface area (Å²) in [6.45, 7) is 7.03. The molecule has 122 valence electrons. The molecule has 1 unspecified atom stereocenters. The highest BCUT2D eigenvalue weighted by Gasteiger charge is 2.48. The Labute approximate surface area is 136 Å². The molecule has 2 bridgehead atoms. The summed E-state index contributed by atoms with van der Waals surface area (Å²) in [5.74, 6) is 0.639. The molecule has 1 aromatic carbocycles. The second kappa shape index (κ2) is 4.81. The van der Waals surface area contributed by atoms with E-state index in [9.17, 15) is 4.79 Å². The van der Waals surface area contributed by atoms with E-state index >= 15 is 0 Å². The normalized spacial score (nSPS) is 29.1. The van der Waals surface area contributed by atoms with Crippen LogP contribution in [0.1, 0.15) is 48.7 Å². The van der Waals surface area contributed by atoms with Gasteiger partial charge in [0.15, 0.2) is 5.69 Å². The first-order valence-corrected chi connectivity index (χ1v) is 8.41. The van der Waals surface area contributed by atoms with Gasteiger partial charge in [0.1, 0.15) is 0 Å². The lowest BCUT2D eigenvalue weighted by Gasteiger charge is -2.57. The second-order valence-electron chi connectivity index (χ2n) is 7.53. The molecule has 0 radical (unpaired) electrons. The van der Waals surface area contributed by atoms with E-state index < -0.39 is 5.91 Å². The number of aryl methyl sites for hydroxylation is 1. The number of nitrogens with zero attached hydrogens (tertiary/aromatic N) is 3. The van der Waals surface area contributed by atoms with E-state index in [1.54, 1.807) is 4.68 Å². The Morgan fingerprint density at radius 3 is 2.61 bits per heavy atom. The fourth-order valence-corrected chi connectivity index (χ4v) is 4.99. The zero-order chi connectivity index (χ0) is 16.4. The summed E-state index contributed by atoms with van der Waals surface area (Å²) in [7, 11) is 1.88. The van der Waals surface area contributed by atoms with Gasteiger partial charge in [-0.05, 0) is 57.3 Å². The Morgan fingerprint density at radius 2 is 2.00 bits per heavy atom. The van der Waals surface area contributed by atoms with Gasteiger partial charge in [0, 0.05) is 23.9 Å². The van der Waals surface area contributed by atoms with Gasteiger partial charge >= 0.3 is 0 Å². The molecule has 3 fully saturated rings. The van der Waals surface area contributed by atoms with Crippen LogP contribution in [0.5, 0.6) is 0 Å². The van der Waals surface area contributed by atoms with Crippen molar-refractivity contribution in [3.8, 4) is 0 Å². The molecule has 1 aromatic heterocycles. The molecule has 0 aliphatic carbocycles. The minimum Gasteiger partial charge on any atom is -0.364 e. The standard InChI is InChI=1S/C18H24N4O/c1-18(2)15(11-7-9-22(18)10-8-11)12-5-4-6-13-14(12)16(17(19)23)20-21(13)3/h4-6,11,15H,7-10H2,1-3H3,(H2,19,23). The van der Waals surface area contributed by atoms with Crippen molar-refractivity contribution in [2.24, 2.45) is 18.7 Å². The number of fused-ring (bicyclic) bond motifs is 4. The van der Waals surface area contributed by atoms with Crippen LogP contribution in [0.15, 0.2) is 18.2 Å². The van der Waals surface area contributed by atoms with Gasteiger partial charge in [-0.15, -0.1) is 0 Å². The summed E-state index contributed by atoms with van der Waals surface area (Å²) in [5.41, 5.74) is 8.34. The number of rotatable bonds is 2. The summed E-state index contributed by atoms with van der Waals surface area (Å²) >= 11 is 0. The van der Waals surface area contributed by atoms with Gasteiger partial charge in [-0.25, -0.2) is 0 Å². The first-order chi connectivity index (χ1) is 10.9. The van der Waals surface area contributed by atoms with Crippen LogP contribution in [-0.4, -0.2) is 39.2 Å². The second-order valence-corrected chi connectivity index (χ2v) is 7.53. The van der Waals surface area contributed by atoms with Crippen molar-refractivity contribution in [1.82, 2.24) is 14.7 Å². The number of benzene rings is 1. The van der Waals surface area contributed by atoms with Gasteiger partial charge in [-0.3, -0.25) is 14.4 Å². The average Bonchev–Trinajstić information content (AvgIpc) is 2.86. The summed E-state index contributed by atoms with van der Waals surface area (Å²) in [6, 6.07) is 6.27. The molecular weight excluding hydrogens is 288 g/mol. The largest absolute Gasteiger partial charge is 0.364 e. The van der Waals surface area contributed by atoms with E-state index in [1.807, 2.05) is 13.1 Å². The lowest BCUT2D eigenvalue weighted by atomic mass is 9.64. The minimum absolute atomic E-state index is 0.0974. The average molecular weight is 312 g/mol. The molecule has 0 saturated carbocycles. The Balaban J connectivity index is 1.97. The quantitative estimate of drug-likeness (QED) is 0.925. The van der Waals surface area contributed by atoms with Crippen molar-refractivity contribution >= 4 is 16.8 Å². The van der Waals surface area contributed by atoms with E-state index in [1.165, 1.54) is 31.5 Å². The molecule has 5 nitrogen and oxygen atoms in total. The van der Waals surface area contributed by atoms with Crippen molar-refractivity contribution in [2.75, 3.05) is 13.1 Å².